The first kappa shape index (κ1) is 17.8. The largest absolute Gasteiger partial charge is 0.341 e. The predicted octanol–water partition coefficient (Wildman–Crippen LogP) is 2.99. The molecule has 2 amide bonds. The number of carbonyl (C=O) groups is 2. The lowest BCUT2D eigenvalue weighted by atomic mass is 10.1. The van der Waals surface area contributed by atoms with Crippen LogP contribution in [0.4, 0.5) is 0 Å². The van der Waals surface area contributed by atoms with Crippen molar-refractivity contribution in [1.29, 1.82) is 0 Å². The van der Waals surface area contributed by atoms with Crippen LogP contribution in [0.1, 0.15) is 32.3 Å². The highest BCUT2D eigenvalue weighted by atomic mass is 35.5. The summed E-state index contributed by atoms with van der Waals surface area (Å²) in [5.41, 5.74) is 0.858. The fourth-order valence-electron chi connectivity index (χ4n) is 2.81. The summed E-state index contributed by atoms with van der Waals surface area (Å²) in [5, 5.41) is 0.629. The van der Waals surface area contributed by atoms with E-state index < -0.39 is 0 Å². The molecular weight excluding hydrogens is 312 g/mol. The summed E-state index contributed by atoms with van der Waals surface area (Å²) >= 11 is 6.13. The molecule has 1 aliphatic rings. The van der Waals surface area contributed by atoms with E-state index in [1.807, 2.05) is 28.0 Å². The lowest BCUT2D eigenvalue weighted by molar-refractivity contribution is -0.133. The third kappa shape index (κ3) is 5.24. The first-order chi connectivity index (χ1) is 11.0. The molecule has 2 rings (SSSR count). The fourth-order valence-corrected chi connectivity index (χ4v) is 3.01. The van der Waals surface area contributed by atoms with Gasteiger partial charge < -0.3 is 9.80 Å². The zero-order valence-corrected chi connectivity index (χ0v) is 14.7. The lowest BCUT2D eigenvalue weighted by Crippen LogP contribution is -2.38. The molecule has 0 aliphatic carbocycles. The maximum Gasteiger partial charge on any atom is 0.227 e. The lowest BCUT2D eigenvalue weighted by Gasteiger charge is -2.23. The van der Waals surface area contributed by atoms with Gasteiger partial charge in [0.15, 0.2) is 0 Å². The van der Waals surface area contributed by atoms with E-state index in [0.29, 0.717) is 43.4 Å². The van der Waals surface area contributed by atoms with Crippen molar-refractivity contribution in [3.8, 4) is 0 Å². The second-order valence-electron chi connectivity index (χ2n) is 6.48. The number of nitrogens with zero attached hydrogens (tertiary/aromatic N) is 2. The molecule has 0 unspecified atom stereocenters. The molecule has 23 heavy (non-hydrogen) atoms. The van der Waals surface area contributed by atoms with Gasteiger partial charge in [-0.15, -0.1) is 0 Å². The molecule has 1 saturated heterocycles. The predicted molar refractivity (Wildman–Crippen MR) is 92.4 cm³/mol. The SMILES string of the molecule is CC(C)CC(=O)N1CCCN(C(=O)Cc2ccccc2Cl)CC1. The third-order valence-corrected chi connectivity index (χ3v) is 4.45. The van der Waals surface area contributed by atoms with Gasteiger partial charge in [-0.3, -0.25) is 9.59 Å². The van der Waals surface area contributed by atoms with Crippen molar-refractivity contribution in [2.24, 2.45) is 5.92 Å². The zero-order valence-electron chi connectivity index (χ0n) is 13.9. The first-order valence-corrected chi connectivity index (χ1v) is 8.64. The molecule has 0 N–H and O–H groups in total. The molecule has 0 radical (unpaired) electrons. The number of carbonyl (C=O) groups excluding carboxylic acids is 2. The molecule has 0 aromatic heterocycles. The van der Waals surface area contributed by atoms with Gasteiger partial charge in [-0.25, -0.2) is 0 Å². The van der Waals surface area contributed by atoms with E-state index >= 15 is 0 Å². The standard InChI is InChI=1S/C18H25ClN2O2/c1-14(2)12-17(22)20-8-5-9-21(11-10-20)18(23)13-15-6-3-4-7-16(15)19/h3-4,6-7,14H,5,8-13H2,1-2H3. The molecule has 4 nitrogen and oxygen atoms in total. The minimum atomic E-state index is 0.0799. The fraction of sp³-hybridized carbons (Fsp3) is 0.556. The van der Waals surface area contributed by atoms with Crippen LogP contribution in [0.15, 0.2) is 24.3 Å². The smallest absolute Gasteiger partial charge is 0.227 e. The van der Waals surface area contributed by atoms with Gasteiger partial charge in [0.25, 0.3) is 0 Å². The number of halogens is 1. The Bertz CT molecular complexity index is 560. The average molecular weight is 337 g/mol. The molecule has 0 bridgehead atoms. The van der Waals surface area contributed by atoms with Crippen molar-refractivity contribution in [2.45, 2.75) is 33.1 Å². The van der Waals surface area contributed by atoms with E-state index in [0.717, 1.165) is 18.5 Å². The van der Waals surface area contributed by atoms with Crippen LogP contribution in [-0.2, 0) is 16.0 Å². The van der Waals surface area contributed by atoms with Gasteiger partial charge in [-0.05, 0) is 24.0 Å². The normalized spacial score (nSPS) is 15.7. The Balaban J connectivity index is 1.91. The van der Waals surface area contributed by atoms with Gasteiger partial charge in [0.1, 0.15) is 0 Å². The molecule has 0 atom stereocenters. The molecule has 5 heteroatoms. The van der Waals surface area contributed by atoms with E-state index in [4.69, 9.17) is 11.6 Å². The van der Waals surface area contributed by atoms with Crippen LogP contribution in [0.2, 0.25) is 5.02 Å². The summed E-state index contributed by atoms with van der Waals surface area (Å²) in [5.74, 6) is 0.639. The topological polar surface area (TPSA) is 40.6 Å². The third-order valence-electron chi connectivity index (χ3n) is 4.08. The Hall–Kier alpha value is -1.55. The Labute approximate surface area is 143 Å². The maximum atomic E-state index is 12.5. The van der Waals surface area contributed by atoms with Crippen LogP contribution in [0, 0.1) is 5.92 Å². The minimum absolute atomic E-state index is 0.0799. The number of benzene rings is 1. The second kappa shape index (κ2) is 8.34. The van der Waals surface area contributed by atoms with Crippen LogP contribution >= 0.6 is 11.6 Å². The van der Waals surface area contributed by atoms with E-state index in [-0.39, 0.29) is 11.8 Å². The van der Waals surface area contributed by atoms with Gasteiger partial charge >= 0.3 is 0 Å². The first-order valence-electron chi connectivity index (χ1n) is 8.26. The van der Waals surface area contributed by atoms with Crippen molar-refractivity contribution in [2.75, 3.05) is 26.2 Å². The highest BCUT2D eigenvalue weighted by Gasteiger charge is 2.22. The minimum Gasteiger partial charge on any atom is -0.341 e. The molecule has 1 aliphatic heterocycles. The molecule has 1 fully saturated rings. The maximum absolute atomic E-state index is 12.5. The molecule has 1 heterocycles. The van der Waals surface area contributed by atoms with Gasteiger partial charge in [0.2, 0.25) is 11.8 Å². The summed E-state index contributed by atoms with van der Waals surface area (Å²) < 4.78 is 0. The number of rotatable bonds is 4. The number of hydrogen-bond acceptors (Lipinski definition) is 2. The average Bonchev–Trinajstić information content (AvgIpc) is 2.75. The number of amides is 2. The van der Waals surface area contributed by atoms with E-state index in [2.05, 4.69) is 13.8 Å². The van der Waals surface area contributed by atoms with E-state index in [1.54, 1.807) is 6.07 Å². The Morgan fingerprint density at radius 2 is 1.65 bits per heavy atom. The highest BCUT2D eigenvalue weighted by Crippen LogP contribution is 2.17. The summed E-state index contributed by atoms with van der Waals surface area (Å²) in [6.45, 7) is 6.77. The molecule has 0 saturated carbocycles. The quantitative estimate of drug-likeness (QED) is 0.848. The van der Waals surface area contributed by atoms with Crippen LogP contribution in [0.5, 0.6) is 0 Å². The summed E-state index contributed by atoms with van der Waals surface area (Å²) in [4.78, 5) is 28.4. The molecule has 1 aromatic carbocycles. The monoisotopic (exact) mass is 336 g/mol. The van der Waals surface area contributed by atoms with Crippen LogP contribution in [-0.4, -0.2) is 47.8 Å². The van der Waals surface area contributed by atoms with Gasteiger partial charge in [-0.2, -0.15) is 0 Å². The Morgan fingerprint density at radius 3 is 2.26 bits per heavy atom. The molecule has 0 spiro atoms. The molecule has 1 aromatic rings. The Morgan fingerprint density at radius 1 is 1.04 bits per heavy atom. The van der Waals surface area contributed by atoms with Gasteiger partial charge in [0, 0.05) is 37.6 Å². The zero-order chi connectivity index (χ0) is 16.8. The number of hydrogen-bond donors (Lipinski definition) is 0. The van der Waals surface area contributed by atoms with Gasteiger partial charge in [0.05, 0.1) is 6.42 Å². The van der Waals surface area contributed by atoms with Crippen molar-refractivity contribution in [1.82, 2.24) is 9.80 Å². The van der Waals surface area contributed by atoms with Crippen LogP contribution < -0.4 is 0 Å². The van der Waals surface area contributed by atoms with Gasteiger partial charge in [-0.1, -0.05) is 43.6 Å². The second-order valence-corrected chi connectivity index (χ2v) is 6.89. The van der Waals surface area contributed by atoms with Crippen LogP contribution in [0.25, 0.3) is 0 Å². The van der Waals surface area contributed by atoms with Crippen molar-refractivity contribution in [3.05, 3.63) is 34.9 Å². The Kier molecular flexibility index (Phi) is 6.46. The summed E-state index contributed by atoms with van der Waals surface area (Å²) in [6, 6.07) is 7.44. The van der Waals surface area contributed by atoms with Crippen molar-refractivity contribution < 1.29 is 9.59 Å². The molecule has 126 valence electrons. The van der Waals surface area contributed by atoms with Crippen LogP contribution in [0.3, 0.4) is 0 Å². The highest BCUT2D eigenvalue weighted by molar-refractivity contribution is 6.31. The van der Waals surface area contributed by atoms with E-state index in [1.165, 1.54) is 0 Å². The van der Waals surface area contributed by atoms with Crippen molar-refractivity contribution >= 4 is 23.4 Å². The van der Waals surface area contributed by atoms with E-state index in [9.17, 15) is 9.59 Å². The van der Waals surface area contributed by atoms with Crippen molar-refractivity contribution in [3.63, 3.8) is 0 Å². The summed E-state index contributed by atoms with van der Waals surface area (Å²) in [7, 11) is 0. The summed E-state index contributed by atoms with van der Waals surface area (Å²) in [6.07, 6.45) is 1.73. The molecular formula is C18H25ClN2O2.